The van der Waals surface area contributed by atoms with Crippen LogP contribution in [-0.2, 0) is 11.0 Å². The molecule has 3 N–H and O–H groups in total. The molecule has 3 aliphatic rings. The molecule has 1 aromatic rings. The Morgan fingerprint density at radius 3 is 2.57 bits per heavy atom. The quantitative estimate of drug-likeness (QED) is 0.698. The van der Waals surface area contributed by atoms with Gasteiger partial charge in [-0.1, -0.05) is 19.8 Å². The van der Waals surface area contributed by atoms with Gasteiger partial charge in [-0.2, -0.15) is 13.2 Å². The van der Waals surface area contributed by atoms with Gasteiger partial charge in [0.05, 0.1) is 5.56 Å². The summed E-state index contributed by atoms with van der Waals surface area (Å²) in [6, 6.07) is 2.21. The van der Waals surface area contributed by atoms with Crippen LogP contribution in [0.5, 0.6) is 0 Å². The lowest BCUT2D eigenvalue weighted by Gasteiger charge is -2.37. The second-order valence-electron chi connectivity index (χ2n) is 8.64. The molecule has 164 valence electrons. The number of nitrogens with zero attached hydrogens (tertiary/aromatic N) is 2. The van der Waals surface area contributed by atoms with E-state index in [0.29, 0.717) is 45.1 Å². The third-order valence-corrected chi connectivity index (χ3v) is 6.82. The molecule has 1 aliphatic carbocycles. The number of rotatable bonds is 3. The Balaban J connectivity index is 1.35. The number of amides is 3. The van der Waals surface area contributed by atoms with Crippen molar-refractivity contribution < 1.29 is 32.6 Å². The van der Waals surface area contributed by atoms with E-state index >= 15 is 0 Å². The SMILES string of the molecule is C[C@@H]1CCCC[C@]12NC(=O)N(C[NH+]1CCN(c3ccc(C(F)(F)F)c[nH+]3)CC1)C2=O. The average molecular weight is 427 g/mol. The zero-order valence-corrected chi connectivity index (χ0v) is 17.0. The van der Waals surface area contributed by atoms with Gasteiger partial charge in [-0.15, -0.1) is 0 Å². The number of aromatic nitrogens is 1. The highest BCUT2D eigenvalue weighted by Gasteiger charge is 2.55. The fourth-order valence-corrected chi connectivity index (χ4v) is 4.87. The van der Waals surface area contributed by atoms with Crippen LogP contribution in [0, 0.1) is 5.92 Å². The van der Waals surface area contributed by atoms with E-state index in [0.717, 1.165) is 36.4 Å². The van der Waals surface area contributed by atoms with Crippen LogP contribution in [0.3, 0.4) is 0 Å². The molecule has 0 unspecified atom stereocenters. The summed E-state index contributed by atoms with van der Waals surface area (Å²) in [5.74, 6) is 0.660. The number of imide groups is 1. The Hall–Kier alpha value is -2.36. The number of hydrogen-bond acceptors (Lipinski definition) is 3. The molecule has 1 spiro atoms. The molecule has 2 saturated heterocycles. The third-order valence-electron chi connectivity index (χ3n) is 6.82. The first-order chi connectivity index (χ1) is 14.2. The van der Waals surface area contributed by atoms with Crippen molar-refractivity contribution in [3.63, 3.8) is 0 Å². The summed E-state index contributed by atoms with van der Waals surface area (Å²) in [4.78, 5) is 32.8. The molecule has 0 radical (unpaired) electrons. The van der Waals surface area contributed by atoms with E-state index in [4.69, 9.17) is 0 Å². The number of nitrogens with one attached hydrogen (secondary N) is 3. The number of alkyl halides is 3. The summed E-state index contributed by atoms with van der Waals surface area (Å²) in [6.45, 7) is 4.99. The van der Waals surface area contributed by atoms with Crippen LogP contribution in [0.4, 0.5) is 23.8 Å². The van der Waals surface area contributed by atoms with Crippen molar-refractivity contribution in [2.45, 2.75) is 44.3 Å². The number of piperazine rings is 1. The van der Waals surface area contributed by atoms with E-state index in [1.807, 2.05) is 11.8 Å². The van der Waals surface area contributed by atoms with Crippen molar-refractivity contribution in [1.29, 1.82) is 0 Å². The molecular weight excluding hydrogens is 399 g/mol. The van der Waals surface area contributed by atoms with Crippen LogP contribution in [0.2, 0.25) is 0 Å². The first-order valence-corrected chi connectivity index (χ1v) is 10.5. The van der Waals surface area contributed by atoms with Crippen molar-refractivity contribution in [2.24, 2.45) is 5.92 Å². The maximum absolute atomic E-state index is 13.1. The minimum atomic E-state index is -4.37. The molecule has 2 atom stereocenters. The molecule has 0 bridgehead atoms. The fourth-order valence-electron chi connectivity index (χ4n) is 4.87. The van der Waals surface area contributed by atoms with E-state index < -0.39 is 17.3 Å². The van der Waals surface area contributed by atoms with Gasteiger partial charge in [0.15, 0.2) is 6.67 Å². The number of anilines is 1. The number of halogens is 3. The Morgan fingerprint density at radius 1 is 1.23 bits per heavy atom. The maximum atomic E-state index is 13.1. The average Bonchev–Trinajstić information content (AvgIpc) is 2.95. The number of quaternary nitrogens is 1. The van der Waals surface area contributed by atoms with Crippen molar-refractivity contribution >= 4 is 17.8 Å². The number of H-pyrrole nitrogens is 1. The smallest absolute Gasteiger partial charge is 0.323 e. The first kappa shape index (κ1) is 20.9. The van der Waals surface area contributed by atoms with Gasteiger partial charge in [-0.3, -0.25) is 9.69 Å². The Bertz CT molecular complexity index is 808. The number of aromatic amines is 1. The third kappa shape index (κ3) is 3.73. The maximum Gasteiger partial charge on any atom is 0.419 e. The monoisotopic (exact) mass is 427 g/mol. The van der Waals surface area contributed by atoms with E-state index in [1.54, 1.807) is 0 Å². The van der Waals surface area contributed by atoms with E-state index in [1.165, 1.54) is 11.0 Å². The molecule has 10 heteroatoms. The minimum Gasteiger partial charge on any atom is -0.323 e. The lowest BCUT2D eigenvalue weighted by atomic mass is 9.73. The summed E-state index contributed by atoms with van der Waals surface area (Å²) in [6.07, 6.45) is 0.275. The van der Waals surface area contributed by atoms with E-state index in [9.17, 15) is 22.8 Å². The molecule has 3 fully saturated rings. The lowest BCUT2D eigenvalue weighted by Crippen LogP contribution is -3.16. The first-order valence-electron chi connectivity index (χ1n) is 10.5. The van der Waals surface area contributed by atoms with Crippen LogP contribution in [0.25, 0.3) is 0 Å². The molecule has 3 heterocycles. The van der Waals surface area contributed by atoms with Gasteiger partial charge in [0.2, 0.25) is 0 Å². The highest BCUT2D eigenvalue weighted by molar-refractivity contribution is 6.07. The number of carbonyl (C=O) groups excluding carboxylic acids is 2. The molecule has 0 aromatic carbocycles. The Labute approximate surface area is 173 Å². The van der Waals surface area contributed by atoms with Gasteiger partial charge >= 0.3 is 12.2 Å². The van der Waals surface area contributed by atoms with Crippen LogP contribution in [0.15, 0.2) is 18.3 Å². The molecule has 3 amide bonds. The fraction of sp³-hybridized carbons (Fsp3) is 0.650. The molecule has 1 aromatic heterocycles. The number of carbonyl (C=O) groups is 2. The Kier molecular flexibility index (Phi) is 5.37. The van der Waals surface area contributed by atoms with Crippen molar-refractivity contribution in [2.75, 3.05) is 37.7 Å². The summed E-state index contributed by atoms with van der Waals surface area (Å²) in [7, 11) is 0. The van der Waals surface area contributed by atoms with Gasteiger partial charge < -0.3 is 10.2 Å². The van der Waals surface area contributed by atoms with Gasteiger partial charge in [0, 0.05) is 6.07 Å². The molecule has 30 heavy (non-hydrogen) atoms. The predicted octanol–water partition coefficient (Wildman–Crippen LogP) is 0.683. The van der Waals surface area contributed by atoms with Crippen molar-refractivity contribution in [1.82, 2.24) is 10.2 Å². The van der Waals surface area contributed by atoms with Crippen LogP contribution in [0.1, 0.15) is 38.2 Å². The topological polar surface area (TPSA) is 71.2 Å². The second-order valence-corrected chi connectivity index (χ2v) is 8.64. The van der Waals surface area contributed by atoms with Gasteiger partial charge in [0.1, 0.15) is 37.9 Å². The second kappa shape index (κ2) is 7.72. The summed E-state index contributed by atoms with van der Waals surface area (Å²) < 4.78 is 38.2. The molecule has 4 rings (SSSR count). The van der Waals surface area contributed by atoms with E-state index in [2.05, 4.69) is 10.3 Å². The molecular formula is C20H28F3N5O2+2. The summed E-state index contributed by atoms with van der Waals surface area (Å²) >= 11 is 0. The zero-order valence-electron chi connectivity index (χ0n) is 17.0. The number of hydrogen-bond donors (Lipinski definition) is 2. The molecule has 2 aliphatic heterocycles. The minimum absolute atomic E-state index is 0.106. The number of urea groups is 1. The standard InChI is InChI=1S/C20H26F3N5O2/c1-14-4-2-3-7-19(14)17(29)28(18(30)25-19)13-26-8-10-27(11-9-26)16-6-5-15(12-24-16)20(21,22)23/h5-6,12,14H,2-4,7-11,13H2,1H3,(H,25,30)/p+2/t14-,19+/m1/s1. The van der Waals surface area contributed by atoms with Crippen molar-refractivity contribution in [3.8, 4) is 0 Å². The molecule has 1 saturated carbocycles. The van der Waals surface area contributed by atoms with Crippen LogP contribution >= 0.6 is 0 Å². The number of pyridine rings is 1. The van der Waals surface area contributed by atoms with Gasteiger partial charge in [-0.05, 0) is 24.8 Å². The van der Waals surface area contributed by atoms with Crippen molar-refractivity contribution in [3.05, 3.63) is 23.9 Å². The van der Waals surface area contributed by atoms with Crippen LogP contribution in [-0.4, -0.2) is 55.2 Å². The van der Waals surface area contributed by atoms with E-state index in [-0.39, 0.29) is 17.9 Å². The normalized spacial score (nSPS) is 28.3. The Morgan fingerprint density at radius 2 is 1.97 bits per heavy atom. The lowest BCUT2D eigenvalue weighted by molar-refractivity contribution is -0.908. The highest BCUT2D eigenvalue weighted by Crippen LogP contribution is 2.37. The van der Waals surface area contributed by atoms with Gasteiger partial charge in [-0.25, -0.2) is 14.7 Å². The van der Waals surface area contributed by atoms with Crippen LogP contribution < -0.4 is 20.1 Å². The largest absolute Gasteiger partial charge is 0.419 e. The zero-order chi connectivity index (χ0) is 21.5. The molecule has 7 nitrogen and oxygen atoms in total. The summed E-state index contributed by atoms with van der Waals surface area (Å²) in [5, 5.41) is 2.98. The van der Waals surface area contributed by atoms with Gasteiger partial charge in [0.25, 0.3) is 11.7 Å². The predicted molar refractivity (Wildman–Crippen MR) is 102 cm³/mol. The highest BCUT2D eigenvalue weighted by atomic mass is 19.4. The summed E-state index contributed by atoms with van der Waals surface area (Å²) in [5.41, 5.74) is -1.45.